The van der Waals surface area contributed by atoms with E-state index in [1.807, 2.05) is 0 Å². The van der Waals surface area contributed by atoms with E-state index in [9.17, 15) is 18.0 Å². The highest BCUT2D eigenvalue weighted by atomic mass is 19.4. The fourth-order valence-electron chi connectivity index (χ4n) is 2.48. The van der Waals surface area contributed by atoms with Crippen LogP contribution in [0.15, 0.2) is 0 Å². The van der Waals surface area contributed by atoms with Gasteiger partial charge in [-0.05, 0) is 19.3 Å². The monoisotopic (exact) mass is 267 g/mol. The number of nitrogens with one attached hydrogen (secondary N) is 1. The summed E-state index contributed by atoms with van der Waals surface area (Å²) in [6, 6.07) is -1.33. The Morgan fingerprint density at radius 1 is 1.39 bits per heavy atom. The van der Waals surface area contributed by atoms with Crippen LogP contribution < -0.4 is 5.32 Å². The second-order valence-corrected chi connectivity index (χ2v) is 4.69. The molecular formula is C12H20F3NO2. The molecule has 0 aliphatic heterocycles. The van der Waals surface area contributed by atoms with Crippen LogP contribution >= 0.6 is 0 Å². The molecule has 3 nitrogen and oxygen atoms in total. The van der Waals surface area contributed by atoms with Gasteiger partial charge in [-0.1, -0.05) is 19.8 Å². The molecule has 0 aromatic rings. The minimum absolute atomic E-state index is 0.138. The molecule has 1 aliphatic carbocycles. The van der Waals surface area contributed by atoms with E-state index in [1.165, 1.54) is 7.11 Å². The Bertz CT molecular complexity index is 281. The van der Waals surface area contributed by atoms with Crippen LogP contribution in [0.25, 0.3) is 0 Å². The number of esters is 1. The number of halogens is 3. The summed E-state index contributed by atoms with van der Waals surface area (Å²) >= 11 is 0. The molecule has 1 aliphatic rings. The van der Waals surface area contributed by atoms with Gasteiger partial charge in [-0.25, -0.2) is 0 Å². The summed E-state index contributed by atoms with van der Waals surface area (Å²) in [6.07, 6.45) is -1.82. The van der Waals surface area contributed by atoms with Gasteiger partial charge >= 0.3 is 12.1 Å². The lowest BCUT2D eigenvalue weighted by atomic mass is 9.83. The lowest BCUT2D eigenvalue weighted by Crippen LogP contribution is -2.51. The molecule has 0 saturated heterocycles. The van der Waals surface area contributed by atoms with E-state index in [4.69, 9.17) is 0 Å². The van der Waals surface area contributed by atoms with Crippen molar-refractivity contribution in [2.45, 2.75) is 57.3 Å². The van der Waals surface area contributed by atoms with E-state index in [1.54, 1.807) is 6.92 Å². The van der Waals surface area contributed by atoms with Crippen molar-refractivity contribution < 1.29 is 22.7 Å². The molecular weight excluding hydrogens is 247 g/mol. The van der Waals surface area contributed by atoms with Crippen LogP contribution in [0.2, 0.25) is 0 Å². The summed E-state index contributed by atoms with van der Waals surface area (Å²) in [4.78, 5) is 11.4. The summed E-state index contributed by atoms with van der Waals surface area (Å²) in [5.74, 6) is -1.85. The Morgan fingerprint density at radius 2 is 2.00 bits per heavy atom. The van der Waals surface area contributed by atoms with Crippen molar-refractivity contribution in [3.05, 3.63) is 0 Å². The first-order chi connectivity index (χ1) is 8.40. The average molecular weight is 267 g/mol. The minimum Gasteiger partial charge on any atom is -0.468 e. The lowest BCUT2D eigenvalue weighted by molar-refractivity contribution is -0.190. The Balaban J connectivity index is 2.69. The number of alkyl halides is 3. The van der Waals surface area contributed by atoms with E-state index >= 15 is 0 Å². The predicted octanol–water partition coefficient (Wildman–Crippen LogP) is 2.65. The van der Waals surface area contributed by atoms with E-state index in [0.29, 0.717) is 19.3 Å². The van der Waals surface area contributed by atoms with Gasteiger partial charge in [0, 0.05) is 6.04 Å². The zero-order valence-corrected chi connectivity index (χ0v) is 10.7. The SMILES string of the molecule is CCC(NC1CCCCC1C(F)(F)F)C(=O)OC. The van der Waals surface area contributed by atoms with Crippen LogP contribution in [0.4, 0.5) is 13.2 Å². The number of methoxy groups -OCH3 is 1. The van der Waals surface area contributed by atoms with Gasteiger partial charge in [-0.15, -0.1) is 0 Å². The van der Waals surface area contributed by atoms with Crippen molar-refractivity contribution in [2.24, 2.45) is 5.92 Å². The zero-order chi connectivity index (χ0) is 13.8. The fourth-order valence-corrected chi connectivity index (χ4v) is 2.48. The molecule has 18 heavy (non-hydrogen) atoms. The third kappa shape index (κ3) is 3.86. The molecule has 0 aromatic heterocycles. The Kier molecular flexibility index (Phi) is 5.44. The third-order valence-corrected chi connectivity index (χ3v) is 3.50. The van der Waals surface area contributed by atoms with Crippen LogP contribution in [0.1, 0.15) is 39.0 Å². The van der Waals surface area contributed by atoms with Gasteiger partial charge in [0.25, 0.3) is 0 Å². The van der Waals surface area contributed by atoms with Crippen molar-refractivity contribution >= 4 is 5.97 Å². The second-order valence-electron chi connectivity index (χ2n) is 4.69. The van der Waals surface area contributed by atoms with Crippen LogP contribution in [0, 0.1) is 5.92 Å². The number of hydrogen-bond donors (Lipinski definition) is 1. The lowest BCUT2D eigenvalue weighted by Gasteiger charge is -2.35. The van der Waals surface area contributed by atoms with Gasteiger partial charge in [0.15, 0.2) is 0 Å². The Morgan fingerprint density at radius 3 is 2.50 bits per heavy atom. The number of rotatable bonds is 4. The van der Waals surface area contributed by atoms with Gasteiger partial charge in [0.1, 0.15) is 6.04 Å². The van der Waals surface area contributed by atoms with Gasteiger partial charge in [0.05, 0.1) is 13.0 Å². The smallest absolute Gasteiger partial charge is 0.393 e. The van der Waals surface area contributed by atoms with Gasteiger partial charge in [0.2, 0.25) is 0 Å². The highest BCUT2D eigenvalue weighted by Gasteiger charge is 2.46. The normalized spacial score (nSPS) is 26.7. The van der Waals surface area contributed by atoms with Gasteiger partial charge in [-0.3, -0.25) is 4.79 Å². The highest BCUT2D eigenvalue weighted by Crippen LogP contribution is 2.37. The molecule has 3 atom stereocenters. The molecule has 0 amide bonds. The van der Waals surface area contributed by atoms with Crippen molar-refractivity contribution in [3.8, 4) is 0 Å². The summed E-state index contributed by atoms with van der Waals surface area (Å²) in [7, 11) is 1.24. The van der Waals surface area contributed by atoms with Crippen LogP contribution in [-0.4, -0.2) is 31.3 Å². The first kappa shape index (κ1) is 15.3. The first-order valence-corrected chi connectivity index (χ1v) is 6.30. The zero-order valence-electron chi connectivity index (χ0n) is 10.7. The van der Waals surface area contributed by atoms with E-state index < -0.39 is 30.1 Å². The largest absolute Gasteiger partial charge is 0.468 e. The minimum atomic E-state index is -4.20. The quantitative estimate of drug-likeness (QED) is 0.796. The molecule has 0 heterocycles. The maximum atomic E-state index is 12.9. The molecule has 1 rings (SSSR count). The second kappa shape index (κ2) is 6.41. The Hall–Kier alpha value is -0.780. The molecule has 106 valence electrons. The molecule has 1 N–H and O–H groups in total. The maximum absolute atomic E-state index is 12.9. The standard InChI is InChI=1S/C12H20F3NO2/c1-3-9(11(17)18-2)16-10-7-5-4-6-8(10)12(13,14)15/h8-10,16H,3-7H2,1-2H3. The fraction of sp³-hybridized carbons (Fsp3) is 0.917. The van der Waals surface area contributed by atoms with E-state index in [0.717, 1.165) is 6.42 Å². The summed E-state index contributed by atoms with van der Waals surface area (Å²) in [5.41, 5.74) is 0. The topological polar surface area (TPSA) is 38.3 Å². The third-order valence-electron chi connectivity index (χ3n) is 3.50. The van der Waals surface area contributed by atoms with Crippen molar-refractivity contribution in [3.63, 3.8) is 0 Å². The first-order valence-electron chi connectivity index (χ1n) is 6.30. The number of carbonyl (C=O) groups is 1. The highest BCUT2D eigenvalue weighted by molar-refractivity contribution is 5.75. The number of ether oxygens (including phenoxy) is 1. The maximum Gasteiger partial charge on any atom is 0.393 e. The van der Waals surface area contributed by atoms with E-state index in [-0.39, 0.29) is 6.42 Å². The summed E-state index contributed by atoms with van der Waals surface area (Å²) in [5, 5.41) is 2.82. The van der Waals surface area contributed by atoms with Crippen LogP contribution in [0.5, 0.6) is 0 Å². The molecule has 6 heteroatoms. The van der Waals surface area contributed by atoms with Crippen molar-refractivity contribution in [2.75, 3.05) is 7.11 Å². The number of hydrogen-bond acceptors (Lipinski definition) is 3. The predicted molar refractivity (Wildman–Crippen MR) is 61.0 cm³/mol. The van der Waals surface area contributed by atoms with Crippen molar-refractivity contribution in [1.29, 1.82) is 0 Å². The number of carbonyl (C=O) groups excluding carboxylic acids is 1. The molecule has 0 radical (unpaired) electrons. The van der Waals surface area contributed by atoms with Gasteiger partial charge < -0.3 is 10.1 Å². The molecule has 0 spiro atoms. The molecule has 1 fully saturated rings. The van der Waals surface area contributed by atoms with Crippen LogP contribution in [-0.2, 0) is 9.53 Å². The summed E-state index contributed by atoms with van der Waals surface area (Å²) < 4.78 is 43.2. The van der Waals surface area contributed by atoms with E-state index in [2.05, 4.69) is 10.1 Å². The van der Waals surface area contributed by atoms with Crippen molar-refractivity contribution in [1.82, 2.24) is 5.32 Å². The average Bonchev–Trinajstić information content (AvgIpc) is 2.34. The van der Waals surface area contributed by atoms with Crippen LogP contribution in [0.3, 0.4) is 0 Å². The Labute approximate surface area is 105 Å². The molecule has 0 bridgehead atoms. The molecule has 3 unspecified atom stereocenters. The van der Waals surface area contributed by atoms with Gasteiger partial charge in [-0.2, -0.15) is 13.2 Å². The molecule has 0 aromatic carbocycles. The summed E-state index contributed by atoms with van der Waals surface area (Å²) in [6.45, 7) is 1.75. The molecule has 1 saturated carbocycles.